The van der Waals surface area contributed by atoms with Gasteiger partial charge >= 0.3 is 5.72 Å². The predicted octanol–water partition coefficient (Wildman–Crippen LogP) is 5.31. The number of rotatable bonds is 3. The Morgan fingerprint density at radius 1 is 0.786 bits per heavy atom. The maximum Gasteiger partial charge on any atom is 0.306 e. The second-order valence-electron chi connectivity index (χ2n) is 7.84. The zero-order valence-electron chi connectivity index (χ0n) is 15.9. The third-order valence-electron chi connectivity index (χ3n) is 6.35. The Morgan fingerprint density at radius 2 is 1.32 bits per heavy atom. The Hall–Kier alpha value is -2.91. The summed E-state index contributed by atoms with van der Waals surface area (Å²) in [5.41, 5.74) is 2.25. The van der Waals surface area contributed by atoms with Crippen molar-refractivity contribution in [2.45, 2.75) is 37.0 Å². The van der Waals surface area contributed by atoms with E-state index in [2.05, 4.69) is 36.4 Å². The van der Waals surface area contributed by atoms with Crippen LogP contribution in [0, 0.1) is 5.21 Å². The van der Waals surface area contributed by atoms with Crippen LogP contribution in [-0.4, -0.2) is 10.5 Å². The van der Waals surface area contributed by atoms with E-state index in [1.807, 2.05) is 61.5 Å². The molecule has 0 saturated carbocycles. The van der Waals surface area contributed by atoms with Gasteiger partial charge in [0.1, 0.15) is 0 Å². The number of hydrogen-bond donors (Lipinski definition) is 0. The van der Waals surface area contributed by atoms with Crippen LogP contribution in [0.4, 0.5) is 0 Å². The van der Waals surface area contributed by atoms with E-state index in [4.69, 9.17) is 4.74 Å². The van der Waals surface area contributed by atoms with E-state index in [-0.39, 0.29) is 5.92 Å². The van der Waals surface area contributed by atoms with Gasteiger partial charge in [0.15, 0.2) is 11.3 Å². The summed E-state index contributed by atoms with van der Waals surface area (Å²) in [7, 11) is 0. The second-order valence-corrected chi connectivity index (χ2v) is 7.84. The lowest BCUT2D eigenvalue weighted by Gasteiger charge is -2.41. The third kappa shape index (κ3) is 2.36. The summed E-state index contributed by atoms with van der Waals surface area (Å²) in [5.74, 6) is 0.226. The van der Waals surface area contributed by atoms with E-state index < -0.39 is 11.3 Å². The molecule has 3 atom stereocenters. The molecule has 0 unspecified atom stereocenters. The van der Waals surface area contributed by atoms with Gasteiger partial charge in [-0.15, -0.1) is 0 Å². The fourth-order valence-corrected chi connectivity index (χ4v) is 4.95. The Bertz CT molecular complexity index is 953. The first-order valence-electron chi connectivity index (χ1n) is 9.83. The molecule has 0 aromatic heterocycles. The van der Waals surface area contributed by atoms with Crippen molar-refractivity contribution in [3.63, 3.8) is 0 Å². The lowest BCUT2D eigenvalue weighted by Crippen LogP contribution is -2.45. The molecule has 0 amide bonds. The molecule has 3 aromatic rings. The minimum absolute atomic E-state index is 0.226. The van der Waals surface area contributed by atoms with E-state index in [9.17, 15) is 5.21 Å². The smallest absolute Gasteiger partial charge is 0.306 e. The van der Waals surface area contributed by atoms with Crippen LogP contribution >= 0.6 is 0 Å². The van der Waals surface area contributed by atoms with Gasteiger partial charge in [-0.25, -0.2) is 0 Å². The summed E-state index contributed by atoms with van der Waals surface area (Å²) in [6.45, 7) is 1.93. The molecule has 0 spiro atoms. The zero-order valence-corrected chi connectivity index (χ0v) is 15.9. The van der Waals surface area contributed by atoms with Crippen LogP contribution in [0.1, 0.15) is 42.4 Å². The molecule has 1 saturated heterocycles. The Balaban J connectivity index is 1.72. The van der Waals surface area contributed by atoms with Crippen LogP contribution in [0.15, 0.2) is 91.0 Å². The molecule has 1 fully saturated rings. The lowest BCUT2D eigenvalue weighted by molar-refractivity contribution is -0.614. The van der Waals surface area contributed by atoms with Crippen LogP contribution in [0.25, 0.3) is 0 Å². The van der Waals surface area contributed by atoms with Gasteiger partial charge in [0.2, 0.25) is 0 Å². The molecule has 5 rings (SSSR count). The minimum Gasteiger partial charge on any atom is -0.621 e. The van der Waals surface area contributed by atoms with E-state index in [1.54, 1.807) is 0 Å². The van der Waals surface area contributed by atoms with Gasteiger partial charge in [0.05, 0.1) is 12.0 Å². The number of fused-ring (bicyclic) bond motifs is 2. The molecule has 2 heterocycles. The SMILES string of the molecule is CC1=[N+]([O-])[C@@]2(c3ccccc3)C[C@H](c3ccccc3)C[C@]1(c1ccccc1)O2. The monoisotopic (exact) mass is 369 g/mol. The van der Waals surface area contributed by atoms with Crippen LogP contribution < -0.4 is 0 Å². The molecule has 3 nitrogen and oxygen atoms in total. The molecule has 2 aliphatic rings. The Morgan fingerprint density at radius 3 is 1.93 bits per heavy atom. The standard InChI is InChI=1S/C25H23NO2/c1-19-24(22-13-7-3-8-14-22)17-21(20-11-5-2-6-12-20)18-25(28-24,26(19)27)23-15-9-4-10-16-23/h2-16,21H,17-18H2,1H3/t21-,24+,25+/m1/s1. The molecule has 28 heavy (non-hydrogen) atoms. The first-order chi connectivity index (χ1) is 13.7. The van der Waals surface area contributed by atoms with Crippen molar-refractivity contribution in [1.29, 1.82) is 0 Å². The fraction of sp³-hybridized carbons (Fsp3) is 0.240. The van der Waals surface area contributed by atoms with Crippen molar-refractivity contribution >= 4 is 5.71 Å². The highest BCUT2D eigenvalue weighted by Gasteiger charge is 2.65. The lowest BCUT2D eigenvalue weighted by atomic mass is 9.74. The molecule has 3 heteroatoms. The molecular weight excluding hydrogens is 346 g/mol. The van der Waals surface area contributed by atoms with Crippen molar-refractivity contribution in [2.75, 3.05) is 0 Å². The van der Waals surface area contributed by atoms with Gasteiger partial charge in [-0.1, -0.05) is 78.9 Å². The number of hydrogen-bond acceptors (Lipinski definition) is 2. The van der Waals surface area contributed by atoms with Crippen molar-refractivity contribution in [1.82, 2.24) is 0 Å². The summed E-state index contributed by atoms with van der Waals surface area (Å²) in [4.78, 5) is 0. The van der Waals surface area contributed by atoms with Gasteiger partial charge in [0, 0.05) is 6.92 Å². The molecule has 0 aliphatic carbocycles. The molecule has 140 valence electrons. The van der Waals surface area contributed by atoms with Gasteiger partial charge in [-0.2, -0.15) is 4.74 Å². The highest BCUT2D eigenvalue weighted by atomic mass is 16.6. The quantitative estimate of drug-likeness (QED) is 0.463. The highest BCUT2D eigenvalue weighted by molar-refractivity contribution is 5.89. The summed E-state index contributed by atoms with van der Waals surface area (Å²) in [5, 5.41) is 13.6. The summed E-state index contributed by atoms with van der Waals surface area (Å²) in [6, 6.07) is 30.6. The average Bonchev–Trinajstić information content (AvgIpc) is 2.94. The summed E-state index contributed by atoms with van der Waals surface area (Å²) >= 11 is 0. The number of benzene rings is 3. The summed E-state index contributed by atoms with van der Waals surface area (Å²) in [6.07, 6.45) is 1.40. The number of hydroxylamine groups is 1. The minimum atomic E-state index is -1.00. The Labute approximate surface area is 165 Å². The van der Waals surface area contributed by atoms with Crippen molar-refractivity contribution in [2.24, 2.45) is 0 Å². The number of ether oxygens (including phenoxy) is 1. The average molecular weight is 369 g/mol. The van der Waals surface area contributed by atoms with Gasteiger partial charge in [-0.3, -0.25) is 4.74 Å². The van der Waals surface area contributed by atoms with E-state index in [0.717, 1.165) is 28.0 Å². The topological polar surface area (TPSA) is 35.3 Å². The van der Waals surface area contributed by atoms with E-state index in [0.29, 0.717) is 6.42 Å². The maximum absolute atomic E-state index is 13.6. The Kier molecular flexibility index (Phi) is 3.88. The first-order valence-corrected chi connectivity index (χ1v) is 9.83. The molecule has 0 N–H and O–H groups in total. The van der Waals surface area contributed by atoms with Gasteiger partial charge < -0.3 is 5.21 Å². The largest absolute Gasteiger partial charge is 0.621 e. The third-order valence-corrected chi connectivity index (χ3v) is 6.35. The molecular formula is C25H23NO2. The van der Waals surface area contributed by atoms with Crippen molar-refractivity contribution in [3.05, 3.63) is 113 Å². The first kappa shape index (κ1) is 17.2. The van der Waals surface area contributed by atoms with Crippen LogP contribution in [-0.2, 0) is 16.1 Å². The van der Waals surface area contributed by atoms with E-state index >= 15 is 0 Å². The second kappa shape index (κ2) is 6.32. The molecule has 0 radical (unpaired) electrons. The molecule has 2 bridgehead atoms. The molecule has 2 aliphatic heterocycles. The number of nitrogens with zero attached hydrogens (tertiary/aromatic N) is 1. The molecule has 3 aromatic carbocycles. The highest BCUT2D eigenvalue weighted by Crippen LogP contribution is 2.57. The van der Waals surface area contributed by atoms with E-state index in [1.165, 1.54) is 5.56 Å². The van der Waals surface area contributed by atoms with Crippen LogP contribution in [0.2, 0.25) is 0 Å². The zero-order chi connectivity index (χ0) is 19.2. The van der Waals surface area contributed by atoms with Crippen LogP contribution in [0.3, 0.4) is 0 Å². The summed E-state index contributed by atoms with van der Waals surface area (Å²) < 4.78 is 7.93. The van der Waals surface area contributed by atoms with Crippen molar-refractivity contribution in [3.8, 4) is 0 Å². The maximum atomic E-state index is 13.6. The van der Waals surface area contributed by atoms with Crippen LogP contribution in [0.5, 0.6) is 0 Å². The van der Waals surface area contributed by atoms with Crippen molar-refractivity contribution < 1.29 is 9.48 Å². The van der Waals surface area contributed by atoms with Gasteiger partial charge in [-0.05, 0) is 35.6 Å². The van der Waals surface area contributed by atoms with Gasteiger partial charge in [0.25, 0.3) is 0 Å². The fourth-order valence-electron chi connectivity index (χ4n) is 4.95. The normalized spacial score (nSPS) is 29.1. The predicted molar refractivity (Wildman–Crippen MR) is 110 cm³/mol.